The fourth-order valence-corrected chi connectivity index (χ4v) is 2.51. The molecule has 1 rings (SSSR count). The van der Waals surface area contributed by atoms with Crippen molar-refractivity contribution >= 4 is 28.9 Å². The van der Waals surface area contributed by atoms with Crippen LogP contribution in [0.5, 0.6) is 0 Å². The zero-order valence-corrected chi connectivity index (χ0v) is 11.6. The lowest BCUT2D eigenvalue weighted by atomic mass is 10.1. The predicted molar refractivity (Wildman–Crippen MR) is 73.4 cm³/mol. The summed E-state index contributed by atoms with van der Waals surface area (Å²) in [5.74, 6) is -1.09. The second-order valence-electron chi connectivity index (χ2n) is 4.29. The van der Waals surface area contributed by atoms with Gasteiger partial charge in [-0.2, -0.15) is 0 Å². The van der Waals surface area contributed by atoms with Crippen LogP contribution in [0.3, 0.4) is 0 Å². The Morgan fingerprint density at radius 1 is 1.33 bits per heavy atom. The van der Waals surface area contributed by atoms with Crippen molar-refractivity contribution in [1.82, 2.24) is 0 Å². The second kappa shape index (κ2) is 7.16. The number of aryl methyl sites for hydroxylation is 1. The van der Waals surface area contributed by atoms with Crippen LogP contribution in [-0.4, -0.2) is 17.0 Å². The van der Waals surface area contributed by atoms with Gasteiger partial charge in [-0.05, 0) is 24.3 Å². The Morgan fingerprint density at radius 3 is 2.67 bits per heavy atom. The number of nitrogens with one attached hydrogen (secondary N) is 1. The Kier molecular flexibility index (Phi) is 5.85. The Balaban J connectivity index is 2.53. The van der Waals surface area contributed by atoms with E-state index < -0.39 is 5.97 Å². The number of carbonyl (C=O) groups is 2. The lowest BCUT2D eigenvalue weighted by molar-refractivity contribution is -0.116. The maximum atomic E-state index is 11.7. The smallest absolute Gasteiger partial charge is 0.348 e. The molecule has 1 heterocycles. The molecule has 5 heteroatoms. The van der Waals surface area contributed by atoms with Crippen LogP contribution in [0.25, 0.3) is 0 Å². The minimum Gasteiger partial charge on any atom is -0.477 e. The van der Waals surface area contributed by atoms with Gasteiger partial charge in [0.2, 0.25) is 5.91 Å². The van der Waals surface area contributed by atoms with Gasteiger partial charge in [-0.25, -0.2) is 4.79 Å². The molecular weight excluding hydrogens is 250 g/mol. The zero-order chi connectivity index (χ0) is 13.5. The standard InChI is InChI=1S/C13H19NO3S/c1-3-4-5-6-7-10(15)14-11-9(2)8-18-12(11)13(16)17/h8H,3-7H2,1-2H3,(H,14,15)(H,16,17). The van der Waals surface area contributed by atoms with E-state index in [1.165, 1.54) is 0 Å². The minimum absolute atomic E-state index is 0.102. The summed E-state index contributed by atoms with van der Waals surface area (Å²) < 4.78 is 0. The molecule has 1 aromatic rings. The summed E-state index contributed by atoms with van der Waals surface area (Å²) in [5, 5.41) is 13.5. The van der Waals surface area contributed by atoms with Crippen molar-refractivity contribution in [1.29, 1.82) is 0 Å². The van der Waals surface area contributed by atoms with Gasteiger partial charge in [0, 0.05) is 6.42 Å². The van der Waals surface area contributed by atoms with Gasteiger partial charge < -0.3 is 10.4 Å². The van der Waals surface area contributed by atoms with E-state index in [4.69, 9.17) is 5.11 Å². The molecule has 0 saturated carbocycles. The molecule has 0 fully saturated rings. The van der Waals surface area contributed by atoms with Crippen LogP contribution in [0.1, 0.15) is 54.3 Å². The molecule has 0 unspecified atom stereocenters. The summed E-state index contributed by atoms with van der Waals surface area (Å²) in [5.41, 5.74) is 1.26. The number of hydrogen-bond acceptors (Lipinski definition) is 3. The number of aromatic carboxylic acids is 1. The third-order valence-corrected chi connectivity index (χ3v) is 3.78. The molecular formula is C13H19NO3S. The topological polar surface area (TPSA) is 66.4 Å². The van der Waals surface area contributed by atoms with Gasteiger partial charge in [0.15, 0.2) is 0 Å². The molecule has 18 heavy (non-hydrogen) atoms. The van der Waals surface area contributed by atoms with Crippen LogP contribution in [0.4, 0.5) is 5.69 Å². The lowest BCUT2D eigenvalue weighted by Crippen LogP contribution is -2.13. The number of carboxylic acid groups (broad SMARTS) is 1. The number of anilines is 1. The minimum atomic E-state index is -0.991. The van der Waals surface area contributed by atoms with E-state index in [9.17, 15) is 9.59 Å². The Morgan fingerprint density at radius 2 is 2.06 bits per heavy atom. The summed E-state index contributed by atoms with van der Waals surface area (Å²) in [6.45, 7) is 3.92. The van der Waals surface area contributed by atoms with E-state index in [-0.39, 0.29) is 10.8 Å². The van der Waals surface area contributed by atoms with E-state index >= 15 is 0 Å². The lowest BCUT2D eigenvalue weighted by Gasteiger charge is -2.06. The third-order valence-electron chi connectivity index (χ3n) is 2.69. The molecule has 1 amide bonds. The van der Waals surface area contributed by atoms with Crippen molar-refractivity contribution in [2.24, 2.45) is 0 Å². The highest BCUT2D eigenvalue weighted by molar-refractivity contribution is 7.12. The van der Waals surface area contributed by atoms with Gasteiger partial charge >= 0.3 is 5.97 Å². The molecule has 0 aliphatic carbocycles. The van der Waals surface area contributed by atoms with Crippen molar-refractivity contribution in [2.45, 2.75) is 46.0 Å². The van der Waals surface area contributed by atoms with Gasteiger partial charge in [0.05, 0.1) is 5.69 Å². The van der Waals surface area contributed by atoms with Crippen molar-refractivity contribution in [2.75, 3.05) is 5.32 Å². The third kappa shape index (κ3) is 4.14. The summed E-state index contributed by atoms with van der Waals surface area (Å²) >= 11 is 1.14. The largest absolute Gasteiger partial charge is 0.477 e. The van der Waals surface area contributed by atoms with E-state index in [2.05, 4.69) is 12.2 Å². The van der Waals surface area contributed by atoms with Crippen LogP contribution in [0.2, 0.25) is 0 Å². The van der Waals surface area contributed by atoms with Gasteiger partial charge in [-0.1, -0.05) is 26.2 Å². The van der Waals surface area contributed by atoms with E-state index in [0.29, 0.717) is 12.1 Å². The molecule has 2 N–H and O–H groups in total. The van der Waals surface area contributed by atoms with Crippen molar-refractivity contribution in [3.05, 3.63) is 15.8 Å². The number of thiophene rings is 1. The van der Waals surface area contributed by atoms with Crippen LogP contribution >= 0.6 is 11.3 Å². The number of hydrogen-bond donors (Lipinski definition) is 2. The first kappa shape index (κ1) is 14.7. The van der Waals surface area contributed by atoms with Crippen molar-refractivity contribution in [3.63, 3.8) is 0 Å². The van der Waals surface area contributed by atoms with Gasteiger partial charge in [0.25, 0.3) is 0 Å². The normalized spacial score (nSPS) is 10.3. The molecule has 0 radical (unpaired) electrons. The van der Waals surface area contributed by atoms with Crippen LogP contribution in [-0.2, 0) is 4.79 Å². The van der Waals surface area contributed by atoms with Crippen molar-refractivity contribution < 1.29 is 14.7 Å². The number of rotatable bonds is 7. The molecule has 0 spiro atoms. The van der Waals surface area contributed by atoms with Gasteiger partial charge in [0.1, 0.15) is 4.88 Å². The Bertz CT molecular complexity index is 426. The summed E-state index contributed by atoms with van der Waals surface area (Å²) in [7, 11) is 0. The van der Waals surface area contributed by atoms with Gasteiger partial charge in [-0.3, -0.25) is 4.79 Å². The molecule has 4 nitrogen and oxygen atoms in total. The quantitative estimate of drug-likeness (QED) is 0.742. The Labute approximate surface area is 111 Å². The Hall–Kier alpha value is -1.36. The van der Waals surface area contributed by atoms with Gasteiger partial charge in [-0.15, -0.1) is 11.3 Å². The molecule has 100 valence electrons. The molecule has 0 aliphatic rings. The number of amides is 1. The van der Waals surface area contributed by atoms with E-state index in [1.54, 1.807) is 12.3 Å². The summed E-state index contributed by atoms with van der Waals surface area (Å²) in [4.78, 5) is 22.9. The maximum absolute atomic E-state index is 11.7. The van der Waals surface area contributed by atoms with Crippen LogP contribution in [0.15, 0.2) is 5.38 Å². The molecule has 1 aromatic heterocycles. The summed E-state index contributed by atoms with van der Waals surface area (Å²) in [6.07, 6.45) is 4.61. The second-order valence-corrected chi connectivity index (χ2v) is 5.17. The number of carbonyl (C=O) groups excluding carboxylic acids is 1. The highest BCUT2D eigenvalue weighted by Gasteiger charge is 2.16. The first-order chi connectivity index (χ1) is 8.56. The first-order valence-electron chi connectivity index (χ1n) is 6.17. The van der Waals surface area contributed by atoms with Crippen molar-refractivity contribution in [3.8, 4) is 0 Å². The fourth-order valence-electron chi connectivity index (χ4n) is 1.67. The summed E-state index contributed by atoms with van der Waals surface area (Å²) in [6, 6.07) is 0. The molecule has 0 aromatic carbocycles. The molecule has 0 aliphatic heterocycles. The first-order valence-corrected chi connectivity index (χ1v) is 7.05. The highest BCUT2D eigenvalue weighted by atomic mass is 32.1. The molecule has 0 saturated heterocycles. The average Bonchev–Trinajstić information content (AvgIpc) is 2.67. The molecule has 0 bridgehead atoms. The molecule has 0 atom stereocenters. The average molecular weight is 269 g/mol. The fraction of sp³-hybridized carbons (Fsp3) is 0.538. The zero-order valence-electron chi connectivity index (χ0n) is 10.8. The number of carboxylic acids is 1. The number of unbranched alkanes of at least 4 members (excludes halogenated alkanes) is 3. The van der Waals surface area contributed by atoms with Crippen LogP contribution < -0.4 is 5.32 Å². The highest BCUT2D eigenvalue weighted by Crippen LogP contribution is 2.27. The predicted octanol–water partition coefficient (Wildman–Crippen LogP) is 3.66. The van der Waals surface area contributed by atoms with Crippen LogP contribution in [0, 0.1) is 6.92 Å². The maximum Gasteiger partial charge on any atom is 0.348 e. The van der Waals surface area contributed by atoms with E-state index in [1.807, 2.05) is 0 Å². The van der Waals surface area contributed by atoms with E-state index in [0.717, 1.165) is 42.6 Å². The monoisotopic (exact) mass is 269 g/mol. The SMILES string of the molecule is CCCCCCC(=O)Nc1c(C)csc1C(=O)O.